The second-order valence-electron chi connectivity index (χ2n) is 11.6. The Labute approximate surface area is 221 Å². The van der Waals surface area contributed by atoms with E-state index in [1.165, 1.54) is 17.7 Å². The molecule has 3 heterocycles. The molecular formula is C27H33F2N5O3S. The van der Waals surface area contributed by atoms with Crippen molar-refractivity contribution in [3.63, 3.8) is 0 Å². The number of pyridine rings is 1. The third kappa shape index (κ3) is 4.92. The summed E-state index contributed by atoms with van der Waals surface area (Å²) in [7, 11) is -3.54. The molecule has 2 N–H and O–H groups in total. The van der Waals surface area contributed by atoms with E-state index in [0.29, 0.717) is 41.0 Å². The molecule has 2 aliphatic heterocycles. The highest BCUT2D eigenvalue weighted by Gasteiger charge is 2.50. The van der Waals surface area contributed by atoms with E-state index in [-0.39, 0.29) is 24.7 Å². The molecule has 2 saturated heterocycles. The number of anilines is 4. The maximum Gasteiger partial charge on any atom is 0.266 e. The number of carbonyl (C=O) groups excluding carboxylic acids is 1. The summed E-state index contributed by atoms with van der Waals surface area (Å²) in [6.07, 6.45) is 5.63. The zero-order chi connectivity index (χ0) is 26.8. The molecule has 0 bridgehead atoms. The van der Waals surface area contributed by atoms with E-state index >= 15 is 0 Å². The lowest BCUT2D eigenvalue weighted by Crippen LogP contribution is -2.36. The van der Waals surface area contributed by atoms with Crippen LogP contribution in [0.15, 0.2) is 36.4 Å². The maximum absolute atomic E-state index is 13.7. The fourth-order valence-electron chi connectivity index (χ4n) is 5.45. The van der Waals surface area contributed by atoms with E-state index in [4.69, 9.17) is 0 Å². The van der Waals surface area contributed by atoms with Crippen LogP contribution in [0, 0.1) is 5.41 Å². The molecule has 0 atom stereocenters. The fraction of sp³-hybridized carbons (Fsp3) is 0.556. The molecule has 2 saturated carbocycles. The minimum Gasteiger partial charge on any atom is -0.371 e. The number of amides is 1. The lowest BCUT2D eigenvalue weighted by molar-refractivity contribution is 0.0256. The average Bonchev–Trinajstić information content (AvgIpc) is 3.78. The molecule has 2 aromatic rings. The van der Waals surface area contributed by atoms with Gasteiger partial charge in [0.05, 0.1) is 28.2 Å². The zero-order valence-corrected chi connectivity index (χ0v) is 22.3. The van der Waals surface area contributed by atoms with Gasteiger partial charge in [-0.05, 0) is 81.2 Å². The molecule has 4 fully saturated rings. The first kappa shape index (κ1) is 25.3. The van der Waals surface area contributed by atoms with E-state index < -0.39 is 27.2 Å². The lowest BCUT2D eigenvalue weighted by Gasteiger charge is -2.35. The molecule has 1 amide bonds. The number of nitrogens with zero attached hydrogens (tertiary/aromatic N) is 3. The molecule has 0 unspecified atom stereocenters. The molecule has 1 aromatic heterocycles. The van der Waals surface area contributed by atoms with Gasteiger partial charge in [0, 0.05) is 26.1 Å². The Morgan fingerprint density at radius 2 is 1.66 bits per heavy atom. The summed E-state index contributed by atoms with van der Waals surface area (Å²) in [5.41, 5.74) is 1.97. The molecule has 0 radical (unpaired) electrons. The Morgan fingerprint density at radius 1 is 0.947 bits per heavy atom. The number of alkyl halides is 2. The summed E-state index contributed by atoms with van der Waals surface area (Å²) in [6.45, 7) is 3.14. The van der Waals surface area contributed by atoms with Gasteiger partial charge in [0.15, 0.2) is 0 Å². The van der Waals surface area contributed by atoms with E-state index in [1.807, 2.05) is 0 Å². The largest absolute Gasteiger partial charge is 0.371 e. The van der Waals surface area contributed by atoms with Crippen LogP contribution < -0.4 is 19.8 Å². The predicted molar refractivity (Wildman–Crippen MR) is 144 cm³/mol. The number of nitrogens with one attached hydrogen (secondary N) is 2. The molecule has 204 valence electrons. The van der Waals surface area contributed by atoms with E-state index in [2.05, 4.69) is 19.9 Å². The van der Waals surface area contributed by atoms with Crippen molar-refractivity contribution in [1.29, 1.82) is 0 Å². The van der Waals surface area contributed by atoms with Crippen molar-refractivity contribution in [2.75, 3.05) is 46.0 Å². The topological polar surface area (TPSA) is 94.6 Å². The first-order chi connectivity index (χ1) is 18.0. The Morgan fingerprint density at radius 3 is 2.29 bits per heavy atom. The van der Waals surface area contributed by atoms with E-state index in [9.17, 15) is 22.0 Å². The van der Waals surface area contributed by atoms with Gasteiger partial charge < -0.3 is 15.1 Å². The summed E-state index contributed by atoms with van der Waals surface area (Å²) in [4.78, 5) is 21.6. The van der Waals surface area contributed by atoms with Gasteiger partial charge in [-0.3, -0.25) is 9.52 Å². The average molecular weight is 546 g/mol. The number of benzene rings is 1. The number of carbonyl (C=O) groups is 1. The van der Waals surface area contributed by atoms with E-state index in [0.717, 1.165) is 25.9 Å². The van der Waals surface area contributed by atoms with Gasteiger partial charge in [0.25, 0.3) is 11.8 Å². The van der Waals surface area contributed by atoms with Crippen LogP contribution in [0.2, 0.25) is 0 Å². The fourth-order valence-corrected chi connectivity index (χ4v) is 6.78. The standard InChI is InChI=1S/C27H33F2N5O3S/c1-25(7-8-25)38(36,37)32-19-5-6-20(21(17-19)33-14-11-26(9-10-26)12-15-33)24(35)31-22-3-2-4-23(30-22)34-16-13-27(28,29)18-34/h2-6,17,32H,7-16,18H2,1H3,(H,30,31,35). The minimum atomic E-state index is -3.54. The van der Waals surface area contributed by atoms with Crippen molar-refractivity contribution < 1.29 is 22.0 Å². The first-order valence-corrected chi connectivity index (χ1v) is 14.8. The molecule has 8 nitrogen and oxygen atoms in total. The van der Waals surface area contributed by atoms with Gasteiger partial charge in [-0.2, -0.15) is 0 Å². The first-order valence-electron chi connectivity index (χ1n) is 13.3. The van der Waals surface area contributed by atoms with Crippen molar-refractivity contribution in [1.82, 2.24) is 4.98 Å². The second kappa shape index (κ2) is 8.79. The molecule has 2 aliphatic carbocycles. The smallest absolute Gasteiger partial charge is 0.266 e. The maximum atomic E-state index is 13.7. The molecule has 38 heavy (non-hydrogen) atoms. The lowest BCUT2D eigenvalue weighted by atomic mass is 9.93. The SMILES string of the molecule is CC1(S(=O)(=O)Nc2ccc(C(=O)Nc3cccc(N4CCC(F)(F)C4)n3)c(N3CCC4(CC3)CC4)c2)CC1. The Hall–Kier alpha value is -2.95. The van der Waals surface area contributed by atoms with Crippen LogP contribution in [0.5, 0.6) is 0 Å². The summed E-state index contributed by atoms with van der Waals surface area (Å²) in [5.74, 6) is -2.46. The normalized spacial score (nSPS) is 22.8. The molecule has 1 aromatic carbocycles. The molecule has 1 spiro atoms. The van der Waals surface area contributed by atoms with Crippen LogP contribution in [-0.2, 0) is 10.0 Å². The number of piperidine rings is 1. The molecule has 6 rings (SSSR count). The van der Waals surface area contributed by atoms with Crippen LogP contribution in [0.3, 0.4) is 0 Å². The third-order valence-corrected chi connectivity index (χ3v) is 10.9. The minimum absolute atomic E-state index is 0.203. The van der Waals surface area contributed by atoms with Crippen molar-refractivity contribution in [2.24, 2.45) is 5.41 Å². The molecular weight excluding hydrogens is 512 g/mol. The summed E-state index contributed by atoms with van der Waals surface area (Å²) < 4.78 is 55.1. The van der Waals surface area contributed by atoms with Gasteiger partial charge in [-0.1, -0.05) is 6.07 Å². The summed E-state index contributed by atoms with van der Waals surface area (Å²) in [6, 6.07) is 9.98. The van der Waals surface area contributed by atoms with Crippen LogP contribution in [0.1, 0.15) is 62.2 Å². The third-order valence-electron chi connectivity index (χ3n) is 8.69. The number of aromatic nitrogens is 1. The zero-order valence-electron chi connectivity index (χ0n) is 21.5. The molecule has 11 heteroatoms. The number of halogens is 2. The van der Waals surface area contributed by atoms with Crippen LogP contribution >= 0.6 is 0 Å². The predicted octanol–water partition coefficient (Wildman–Crippen LogP) is 4.85. The second-order valence-corrected chi connectivity index (χ2v) is 13.8. The number of hydrogen-bond donors (Lipinski definition) is 2. The number of hydrogen-bond acceptors (Lipinski definition) is 6. The van der Waals surface area contributed by atoms with Crippen molar-refractivity contribution in [2.45, 2.75) is 62.5 Å². The van der Waals surface area contributed by atoms with Crippen molar-refractivity contribution in [3.8, 4) is 0 Å². The molecule has 4 aliphatic rings. The Kier molecular flexibility index (Phi) is 5.86. The number of sulfonamides is 1. The summed E-state index contributed by atoms with van der Waals surface area (Å²) >= 11 is 0. The Balaban J connectivity index is 1.25. The quantitative estimate of drug-likeness (QED) is 0.517. The number of rotatable bonds is 7. The monoisotopic (exact) mass is 545 g/mol. The van der Waals surface area contributed by atoms with Crippen LogP contribution in [0.4, 0.5) is 31.8 Å². The highest BCUT2D eigenvalue weighted by molar-refractivity contribution is 7.94. The van der Waals surface area contributed by atoms with Gasteiger partial charge in [-0.15, -0.1) is 0 Å². The highest BCUT2D eigenvalue weighted by Crippen LogP contribution is 2.54. The van der Waals surface area contributed by atoms with Gasteiger partial charge in [-0.25, -0.2) is 22.2 Å². The van der Waals surface area contributed by atoms with Gasteiger partial charge in [0.2, 0.25) is 10.0 Å². The van der Waals surface area contributed by atoms with E-state index in [1.54, 1.807) is 43.3 Å². The van der Waals surface area contributed by atoms with Gasteiger partial charge >= 0.3 is 0 Å². The van der Waals surface area contributed by atoms with Crippen molar-refractivity contribution >= 4 is 38.9 Å². The highest BCUT2D eigenvalue weighted by atomic mass is 32.2. The summed E-state index contributed by atoms with van der Waals surface area (Å²) in [5, 5.41) is 2.82. The van der Waals surface area contributed by atoms with Gasteiger partial charge in [0.1, 0.15) is 11.6 Å². The van der Waals surface area contributed by atoms with Crippen LogP contribution in [0.25, 0.3) is 0 Å². The van der Waals surface area contributed by atoms with Crippen LogP contribution in [-0.4, -0.2) is 56.2 Å². The Bertz CT molecular complexity index is 1360. The van der Waals surface area contributed by atoms with Crippen molar-refractivity contribution in [3.05, 3.63) is 42.0 Å².